The number of thioether (sulfide) groups is 1. The van der Waals surface area contributed by atoms with Gasteiger partial charge in [0.2, 0.25) is 0 Å². The summed E-state index contributed by atoms with van der Waals surface area (Å²) >= 11 is 10.2. The van der Waals surface area contributed by atoms with Crippen molar-refractivity contribution in [1.82, 2.24) is 0 Å². The highest BCUT2D eigenvalue weighted by Gasteiger charge is 2.36. The van der Waals surface area contributed by atoms with Gasteiger partial charge in [0.05, 0.1) is 26.6 Å². The lowest BCUT2D eigenvalue weighted by molar-refractivity contribution is -0.384. The van der Waals surface area contributed by atoms with Gasteiger partial charge in [0.25, 0.3) is 16.8 Å². The normalized spacial score (nSPS) is 14.4. The molecule has 8 nitrogen and oxygen atoms in total. The number of carbonyl (C=O) groups excluding carboxylic acids is 2. The maximum atomic E-state index is 13.0. The highest BCUT2D eigenvalue weighted by molar-refractivity contribution is 9.10. The predicted molar refractivity (Wildman–Crippen MR) is 143 cm³/mol. The molecule has 3 aromatic carbocycles. The van der Waals surface area contributed by atoms with Crippen LogP contribution in [0.4, 0.5) is 16.2 Å². The molecule has 0 atom stereocenters. The van der Waals surface area contributed by atoms with E-state index in [1.165, 1.54) is 12.1 Å². The number of imide groups is 1. The van der Waals surface area contributed by atoms with Crippen LogP contribution in [-0.4, -0.2) is 22.7 Å². The Morgan fingerprint density at radius 1 is 1.11 bits per heavy atom. The Morgan fingerprint density at radius 3 is 2.56 bits per heavy atom. The molecule has 4 rings (SSSR count). The molecule has 1 aliphatic heterocycles. The van der Waals surface area contributed by atoms with Crippen LogP contribution in [-0.2, 0) is 11.4 Å². The third kappa shape index (κ3) is 5.72. The fourth-order valence-electron chi connectivity index (χ4n) is 3.42. The van der Waals surface area contributed by atoms with Gasteiger partial charge >= 0.3 is 0 Å². The Hall–Kier alpha value is -3.34. The van der Waals surface area contributed by atoms with Crippen molar-refractivity contribution in [2.24, 2.45) is 0 Å². The number of hydrogen-bond donors (Lipinski definition) is 0. The van der Waals surface area contributed by atoms with Gasteiger partial charge in [0.15, 0.2) is 11.5 Å². The summed E-state index contributed by atoms with van der Waals surface area (Å²) in [6.07, 6.45) is 1.61. The molecular weight excluding hydrogens is 572 g/mol. The number of benzene rings is 3. The van der Waals surface area contributed by atoms with Gasteiger partial charge in [-0.25, -0.2) is 4.90 Å². The molecule has 0 radical (unpaired) electrons. The van der Waals surface area contributed by atoms with E-state index < -0.39 is 16.1 Å². The second-order valence-corrected chi connectivity index (χ2v) is 9.76. The molecule has 1 fully saturated rings. The largest absolute Gasteiger partial charge is 0.490 e. The number of nitrogens with zero attached hydrogens (tertiary/aromatic N) is 2. The van der Waals surface area contributed by atoms with Gasteiger partial charge in [0, 0.05) is 17.2 Å². The number of halogens is 2. The quantitative estimate of drug-likeness (QED) is 0.155. The zero-order valence-corrected chi connectivity index (χ0v) is 21.9. The molecule has 1 aliphatic rings. The first-order chi connectivity index (χ1) is 17.3. The van der Waals surface area contributed by atoms with Crippen molar-refractivity contribution in [2.75, 3.05) is 11.5 Å². The fourth-order valence-corrected chi connectivity index (χ4v) is 4.96. The number of hydrogen-bond acceptors (Lipinski definition) is 7. The minimum atomic E-state index is -0.464. The molecule has 36 heavy (non-hydrogen) atoms. The van der Waals surface area contributed by atoms with Crippen molar-refractivity contribution in [3.63, 3.8) is 0 Å². The van der Waals surface area contributed by atoms with Gasteiger partial charge in [-0.2, -0.15) is 0 Å². The summed E-state index contributed by atoms with van der Waals surface area (Å²) in [5, 5.41) is 11.1. The summed E-state index contributed by atoms with van der Waals surface area (Å²) in [6.45, 7) is 2.26. The molecule has 184 valence electrons. The van der Waals surface area contributed by atoms with Crippen LogP contribution in [0.25, 0.3) is 6.08 Å². The first-order valence-electron chi connectivity index (χ1n) is 10.6. The Bertz CT molecular complexity index is 1380. The van der Waals surface area contributed by atoms with Gasteiger partial charge in [-0.15, -0.1) is 0 Å². The van der Waals surface area contributed by atoms with Crippen LogP contribution >= 0.6 is 39.3 Å². The third-order valence-corrected chi connectivity index (χ3v) is 6.72. The Balaban J connectivity index is 1.59. The average Bonchev–Trinajstić information content (AvgIpc) is 3.12. The molecule has 0 spiro atoms. The lowest BCUT2D eigenvalue weighted by atomic mass is 10.1. The zero-order chi connectivity index (χ0) is 25.8. The molecule has 0 saturated carbocycles. The van der Waals surface area contributed by atoms with Crippen molar-refractivity contribution in [2.45, 2.75) is 13.5 Å². The van der Waals surface area contributed by atoms with E-state index in [9.17, 15) is 19.7 Å². The van der Waals surface area contributed by atoms with Crippen LogP contribution in [0.15, 0.2) is 70.0 Å². The van der Waals surface area contributed by atoms with Crippen molar-refractivity contribution in [1.29, 1.82) is 0 Å². The van der Waals surface area contributed by atoms with Gasteiger partial charge < -0.3 is 9.47 Å². The van der Waals surface area contributed by atoms with Crippen molar-refractivity contribution in [3.05, 3.63) is 96.3 Å². The summed E-state index contributed by atoms with van der Waals surface area (Å²) in [7, 11) is 0. The molecule has 0 N–H and O–H groups in total. The minimum Gasteiger partial charge on any atom is -0.490 e. The third-order valence-electron chi connectivity index (χ3n) is 5.01. The summed E-state index contributed by atoms with van der Waals surface area (Å²) in [6, 6.07) is 16.1. The van der Waals surface area contributed by atoms with Gasteiger partial charge in [-0.05, 0) is 88.2 Å². The second-order valence-electron chi connectivity index (χ2n) is 7.47. The second kappa shape index (κ2) is 11.2. The van der Waals surface area contributed by atoms with E-state index in [4.69, 9.17) is 21.1 Å². The number of rotatable bonds is 8. The van der Waals surface area contributed by atoms with Gasteiger partial charge in [-0.3, -0.25) is 19.7 Å². The molecule has 2 amide bonds. The summed E-state index contributed by atoms with van der Waals surface area (Å²) in [5.41, 5.74) is 1.66. The van der Waals surface area contributed by atoms with E-state index in [1.807, 2.05) is 6.92 Å². The molecule has 1 heterocycles. The maximum Gasteiger partial charge on any atom is 0.298 e. The molecule has 11 heteroatoms. The minimum absolute atomic E-state index is 0.0249. The summed E-state index contributed by atoms with van der Waals surface area (Å²) in [5.74, 6) is 0.391. The number of ether oxygens (including phenoxy) is 2. The van der Waals surface area contributed by atoms with E-state index in [1.54, 1.807) is 54.6 Å². The van der Waals surface area contributed by atoms with Crippen molar-refractivity contribution in [3.8, 4) is 11.5 Å². The van der Waals surface area contributed by atoms with Crippen molar-refractivity contribution < 1.29 is 24.0 Å². The van der Waals surface area contributed by atoms with Crippen LogP contribution in [0, 0.1) is 10.1 Å². The Kier molecular flexibility index (Phi) is 7.97. The number of nitro groups is 1. The topological polar surface area (TPSA) is 99.0 Å². The number of amides is 2. The van der Waals surface area contributed by atoms with E-state index in [0.717, 1.165) is 16.7 Å². The summed E-state index contributed by atoms with van der Waals surface area (Å²) in [4.78, 5) is 37.4. The van der Waals surface area contributed by atoms with Crippen LogP contribution < -0.4 is 14.4 Å². The van der Waals surface area contributed by atoms with E-state index in [-0.39, 0.29) is 17.2 Å². The summed E-state index contributed by atoms with van der Waals surface area (Å²) < 4.78 is 12.2. The van der Waals surface area contributed by atoms with Gasteiger partial charge in [-0.1, -0.05) is 23.7 Å². The molecular formula is C25H18BrClN2O6S. The monoisotopic (exact) mass is 588 g/mol. The molecule has 0 aliphatic carbocycles. The molecule has 3 aromatic rings. The van der Waals surface area contributed by atoms with Gasteiger partial charge in [0.1, 0.15) is 6.61 Å². The highest BCUT2D eigenvalue weighted by Crippen LogP contribution is 2.40. The highest BCUT2D eigenvalue weighted by atomic mass is 79.9. The first kappa shape index (κ1) is 25.7. The predicted octanol–water partition coefficient (Wildman–Crippen LogP) is 7.23. The maximum absolute atomic E-state index is 13.0. The number of nitro benzene ring substituents is 1. The fraction of sp³-hybridized carbons (Fsp3) is 0.120. The Morgan fingerprint density at radius 2 is 1.86 bits per heavy atom. The van der Waals surface area contributed by atoms with E-state index in [2.05, 4.69) is 15.9 Å². The molecule has 0 bridgehead atoms. The van der Waals surface area contributed by atoms with Crippen LogP contribution in [0.3, 0.4) is 0 Å². The number of non-ortho nitro benzene ring substituents is 1. The van der Waals surface area contributed by atoms with Crippen LogP contribution in [0.5, 0.6) is 11.5 Å². The number of anilines is 1. The number of carbonyl (C=O) groups is 2. The Labute approximate surface area is 224 Å². The SMILES string of the molecule is CCOc1cc(/C=C2/SC(=O)N(c3ccc(Cl)cc3)C2=O)cc(Br)c1OCc1cccc([N+](=O)[O-])c1. The molecule has 1 saturated heterocycles. The first-order valence-corrected chi connectivity index (χ1v) is 12.6. The van der Waals surface area contributed by atoms with Crippen molar-refractivity contribution >= 4 is 67.9 Å². The lowest BCUT2D eigenvalue weighted by Gasteiger charge is -2.15. The van der Waals surface area contributed by atoms with Crippen LogP contribution in [0.2, 0.25) is 5.02 Å². The standard InChI is InChI=1S/C25H18BrClN2O6S/c1-2-34-21-12-16(11-20(26)23(21)35-14-15-4-3-5-19(10-15)29(32)33)13-22-24(30)28(25(31)36-22)18-8-6-17(27)7-9-18/h3-13H,2,14H2,1H3/b22-13+. The molecule has 0 unspecified atom stereocenters. The van der Waals surface area contributed by atoms with E-state index >= 15 is 0 Å². The molecule has 0 aromatic heterocycles. The van der Waals surface area contributed by atoms with Crippen LogP contribution in [0.1, 0.15) is 18.1 Å². The smallest absolute Gasteiger partial charge is 0.298 e. The van der Waals surface area contributed by atoms with E-state index in [0.29, 0.717) is 44.4 Å². The lowest BCUT2D eigenvalue weighted by Crippen LogP contribution is -2.27. The zero-order valence-electron chi connectivity index (χ0n) is 18.8. The average molecular weight is 590 g/mol.